The number of benzene rings is 9. The summed E-state index contributed by atoms with van der Waals surface area (Å²) in [6.07, 6.45) is 9.03. The second-order valence-electron chi connectivity index (χ2n) is 22.3. The fraction of sp³-hybridized carbons (Fsp3) is 0.182. The third-order valence-electron chi connectivity index (χ3n) is 18.7. The topological polar surface area (TPSA) is 21.1 Å². The van der Waals surface area contributed by atoms with Gasteiger partial charge in [0.15, 0.2) is 0 Å². The Bertz CT molecular complexity index is 4120. The predicted molar refractivity (Wildman–Crippen MR) is 312 cm³/mol. The molecule has 352 valence electrons. The molecule has 10 aromatic rings. The third-order valence-corrected chi connectivity index (χ3v) is 18.7. The van der Waals surface area contributed by atoms with E-state index in [1.165, 1.54) is 145 Å². The average molecular weight is 951 g/mol. The molecule has 0 atom stereocenters. The first-order chi connectivity index (χ1) is 36.7. The molecule has 8 aliphatic rings. The van der Waals surface area contributed by atoms with Gasteiger partial charge in [0.2, 0.25) is 0 Å². The van der Waals surface area contributed by atoms with Crippen molar-refractivity contribution in [2.45, 2.75) is 51.4 Å². The second-order valence-corrected chi connectivity index (χ2v) is 22.3. The lowest BCUT2D eigenvalue weighted by atomic mass is 9.30. The van der Waals surface area contributed by atoms with Crippen molar-refractivity contribution in [3.05, 3.63) is 192 Å². The predicted octanol–water partition coefficient (Wildman–Crippen LogP) is 10.9. The van der Waals surface area contributed by atoms with E-state index >= 15 is 0 Å². The Morgan fingerprint density at radius 3 is 1.49 bits per heavy atom. The first-order valence-corrected chi connectivity index (χ1v) is 27.6. The maximum atomic E-state index is 2.75. The second kappa shape index (κ2) is 14.8. The van der Waals surface area contributed by atoms with Crippen LogP contribution in [0.15, 0.2) is 170 Å². The van der Waals surface area contributed by atoms with Gasteiger partial charge in [-0.2, -0.15) is 0 Å². The monoisotopic (exact) mass is 950 g/mol. The molecule has 0 unspecified atom stereocenters. The Hall–Kier alpha value is -8.09. The zero-order chi connectivity index (χ0) is 47.9. The van der Waals surface area contributed by atoms with Crippen molar-refractivity contribution in [1.29, 1.82) is 0 Å². The van der Waals surface area contributed by atoms with Crippen LogP contribution >= 0.6 is 0 Å². The summed E-state index contributed by atoms with van der Waals surface area (Å²) in [5, 5.41) is 2.67. The highest BCUT2D eigenvalue weighted by Gasteiger charge is 2.50. The number of aryl methyl sites for hydroxylation is 4. The van der Waals surface area contributed by atoms with Crippen LogP contribution in [-0.4, -0.2) is 44.2 Å². The van der Waals surface area contributed by atoms with Crippen LogP contribution in [0.1, 0.15) is 47.9 Å². The molecule has 0 radical (unpaired) electrons. The highest BCUT2D eigenvalue weighted by Crippen LogP contribution is 2.52. The summed E-state index contributed by atoms with van der Waals surface area (Å²) in [6, 6.07) is 66.8. The van der Waals surface area contributed by atoms with Crippen LogP contribution in [0.3, 0.4) is 0 Å². The number of aromatic nitrogens is 1. The van der Waals surface area contributed by atoms with Crippen molar-refractivity contribution in [3.63, 3.8) is 0 Å². The zero-order valence-corrected chi connectivity index (χ0v) is 41.5. The molecule has 0 N–H and O–H groups in total. The largest absolute Gasteiger partial charge is 0.342 e. The zero-order valence-electron chi connectivity index (χ0n) is 41.5. The molecule has 0 fully saturated rings. The molecule has 6 nitrogen and oxygen atoms in total. The van der Waals surface area contributed by atoms with Gasteiger partial charge < -0.3 is 29.1 Å². The van der Waals surface area contributed by atoms with Gasteiger partial charge in [0.25, 0.3) is 13.4 Å². The van der Waals surface area contributed by atoms with Crippen molar-refractivity contribution < 1.29 is 0 Å². The van der Waals surface area contributed by atoms with Crippen molar-refractivity contribution in [2.75, 3.05) is 50.7 Å². The molecule has 9 aromatic carbocycles. The van der Waals surface area contributed by atoms with Gasteiger partial charge in [0.05, 0.1) is 16.7 Å². The number of hydrogen-bond acceptors (Lipinski definition) is 5. The summed E-state index contributed by atoms with van der Waals surface area (Å²) in [5.74, 6) is 0. The molecule has 0 bridgehead atoms. The van der Waals surface area contributed by atoms with E-state index < -0.39 is 0 Å². The Balaban J connectivity index is 0.994. The minimum absolute atomic E-state index is 0.0388. The van der Waals surface area contributed by atoms with E-state index in [4.69, 9.17) is 0 Å². The lowest BCUT2D eigenvalue weighted by Gasteiger charge is -2.48. The first kappa shape index (κ1) is 40.4. The van der Waals surface area contributed by atoms with Crippen molar-refractivity contribution >= 4 is 131 Å². The molecular formula is C66H52B2N6. The summed E-state index contributed by atoms with van der Waals surface area (Å²) in [6.45, 7) is 4.15. The highest BCUT2D eigenvalue weighted by atomic mass is 15.2. The van der Waals surface area contributed by atoms with Gasteiger partial charge in [-0.3, -0.25) is 0 Å². The summed E-state index contributed by atoms with van der Waals surface area (Å²) >= 11 is 0. The molecule has 8 heteroatoms. The van der Waals surface area contributed by atoms with Crippen LogP contribution in [0.2, 0.25) is 0 Å². The number of hydrogen-bond donors (Lipinski definition) is 0. The lowest BCUT2D eigenvalue weighted by molar-refractivity contribution is 0.761. The molecule has 0 spiro atoms. The maximum Gasteiger partial charge on any atom is 0.252 e. The van der Waals surface area contributed by atoms with Crippen molar-refractivity contribution in [1.82, 2.24) is 4.57 Å². The number of anilines is 11. The van der Waals surface area contributed by atoms with Crippen LogP contribution in [0.5, 0.6) is 0 Å². The molecule has 0 saturated carbocycles. The summed E-state index contributed by atoms with van der Waals surface area (Å²) in [7, 11) is 0. The van der Waals surface area contributed by atoms with Crippen LogP contribution in [0.4, 0.5) is 62.6 Å². The average Bonchev–Trinajstić information content (AvgIpc) is 3.82. The van der Waals surface area contributed by atoms with Crippen LogP contribution in [0.25, 0.3) is 27.5 Å². The SMILES string of the molecule is c1ccc(N2c3cc(N4CCCc5ccccc54)cc4c3B(c3cccc5c3N4CCC5)c3cc4c5c(c32)c2ccccc2n5-c2cc(N3CCCc5ccccc53)cc3c2B4c2cccc4c2N3CCC4)cc1. The molecule has 1 aromatic heterocycles. The van der Waals surface area contributed by atoms with Gasteiger partial charge in [-0.15, -0.1) is 0 Å². The van der Waals surface area contributed by atoms with Gasteiger partial charge in [-0.05, 0) is 161 Å². The van der Waals surface area contributed by atoms with Crippen molar-refractivity contribution in [2.24, 2.45) is 0 Å². The quantitative estimate of drug-likeness (QED) is 0.164. The molecule has 0 saturated heterocycles. The maximum absolute atomic E-state index is 2.75. The van der Waals surface area contributed by atoms with Gasteiger partial charge in [0, 0.05) is 99.5 Å². The molecule has 0 aliphatic carbocycles. The summed E-state index contributed by atoms with van der Waals surface area (Å²) in [4.78, 5) is 13.5. The Morgan fingerprint density at radius 2 is 0.838 bits per heavy atom. The fourth-order valence-electron chi connectivity index (χ4n) is 15.9. The minimum atomic E-state index is 0.0388. The van der Waals surface area contributed by atoms with Gasteiger partial charge >= 0.3 is 0 Å². The van der Waals surface area contributed by atoms with E-state index in [0.717, 1.165) is 77.5 Å². The van der Waals surface area contributed by atoms with Crippen molar-refractivity contribution in [3.8, 4) is 5.69 Å². The van der Waals surface area contributed by atoms with E-state index in [-0.39, 0.29) is 13.4 Å². The molecule has 0 amide bonds. The minimum Gasteiger partial charge on any atom is -0.342 e. The fourth-order valence-corrected chi connectivity index (χ4v) is 15.9. The van der Waals surface area contributed by atoms with Crippen LogP contribution in [0, 0.1) is 0 Å². The summed E-state index contributed by atoms with van der Waals surface area (Å²) < 4.78 is 2.73. The molecular weight excluding hydrogens is 898 g/mol. The molecule has 9 heterocycles. The number of para-hydroxylation sites is 6. The first-order valence-electron chi connectivity index (χ1n) is 27.6. The van der Waals surface area contributed by atoms with Crippen LogP contribution < -0.4 is 57.3 Å². The van der Waals surface area contributed by atoms with Crippen LogP contribution in [-0.2, 0) is 25.7 Å². The summed E-state index contributed by atoms with van der Waals surface area (Å²) in [5.41, 5.74) is 33.2. The van der Waals surface area contributed by atoms with Gasteiger partial charge in [-0.25, -0.2) is 0 Å². The van der Waals surface area contributed by atoms with E-state index in [1.807, 2.05) is 0 Å². The smallest absolute Gasteiger partial charge is 0.252 e. The standard InChI is InChI=1S/C66H52B2N6/c1-2-24-45(25-3-1)73-58-38-46(69-32-12-20-41-16-4-7-29-53(41)69)36-56-61(58)67(49-27-10-18-43-22-14-34-71(56)63(43)49)51-40-52-66-60(65(51)73)48-26-6-9-31-55(48)74(66)59-39-47(70-33-13-21-42-17-5-8-30-54(42)70)37-57-62(59)68(52)50-28-11-19-44-23-15-35-72(57)64(44)50/h1-11,16-19,24-31,36-40H,12-15,20-23,32-35H2. The van der Waals surface area contributed by atoms with Gasteiger partial charge in [0.1, 0.15) is 0 Å². The molecule has 8 aliphatic heterocycles. The Kier molecular flexibility index (Phi) is 8.07. The van der Waals surface area contributed by atoms with Gasteiger partial charge in [-0.1, -0.05) is 115 Å². The number of nitrogens with zero attached hydrogens (tertiary/aromatic N) is 6. The molecule has 74 heavy (non-hydrogen) atoms. The normalized spacial score (nSPS) is 16.9. The van der Waals surface area contributed by atoms with E-state index in [1.54, 1.807) is 0 Å². The highest BCUT2D eigenvalue weighted by molar-refractivity contribution is 7.03. The third kappa shape index (κ3) is 5.18. The molecule has 18 rings (SSSR count). The van der Waals surface area contributed by atoms with E-state index in [0.29, 0.717) is 0 Å². The number of rotatable bonds is 3. The number of fused-ring (bicyclic) bond motifs is 14. The van der Waals surface area contributed by atoms with E-state index in [2.05, 4.69) is 199 Å². The Labute approximate surface area is 432 Å². The lowest BCUT2D eigenvalue weighted by Crippen LogP contribution is -2.65. The Morgan fingerprint density at radius 1 is 0.338 bits per heavy atom. The van der Waals surface area contributed by atoms with E-state index in [9.17, 15) is 0 Å².